The van der Waals surface area contributed by atoms with E-state index in [9.17, 15) is 14.3 Å². The Morgan fingerprint density at radius 1 is 1.28 bits per heavy atom. The molecule has 7 heteroatoms. The Morgan fingerprint density at radius 3 is 2.68 bits per heavy atom. The summed E-state index contributed by atoms with van der Waals surface area (Å²) in [6.45, 7) is 2.01. The molecule has 0 fully saturated rings. The van der Waals surface area contributed by atoms with Crippen LogP contribution in [-0.4, -0.2) is 20.5 Å². The maximum Gasteiger partial charge on any atom is 0.309 e. The summed E-state index contributed by atoms with van der Waals surface area (Å²) >= 11 is 3.13. The summed E-state index contributed by atoms with van der Waals surface area (Å²) < 4.78 is 15.2. The number of halogens is 1. The number of nitrogens with zero attached hydrogens (tertiary/aromatic N) is 2. The van der Waals surface area contributed by atoms with Gasteiger partial charge in [0.25, 0.3) is 0 Å². The molecule has 4 nitrogen and oxygen atoms in total. The summed E-state index contributed by atoms with van der Waals surface area (Å²) in [5, 5.41) is 11.4. The van der Waals surface area contributed by atoms with E-state index in [0.717, 1.165) is 20.4 Å². The average molecular weight is 372 g/mol. The van der Waals surface area contributed by atoms with Crippen molar-refractivity contribution in [2.24, 2.45) is 0 Å². The Kier molecular flexibility index (Phi) is 3.89. The van der Waals surface area contributed by atoms with E-state index in [1.54, 1.807) is 23.5 Å². The summed E-state index contributed by atoms with van der Waals surface area (Å²) in [5.74, 6) is -1.26. The third-order valence-corrected chi connectivity index (χ3v) is 5.77. The molecule has 4 aromatic rings. The summed E-state index contributed by atoms with van der Waals surface area (Å²) in [7, 11) is 0. The number of hydrogen-bond donors (Lipinski definition) is 1. The van der Waals surface area contributed by atoms with Gasteiger partial charge in [-0.3, -0.25) is 9.20 Å². The number of benzene rings is 1. The van der Waals surface area contributed by atoms with Crippen LogP contribution >= 0.6 is 22.7 Å². The number of imidazole rings is 1. The van der Waals surface area contributed by atoms with Gasteiger partial charge in [-0.05, 0) is 42.6 Å². The van der Waals surface area contributed by atoms with Crippen LogP contribution in [0.3, 0.4) is 0 Å². The van der Waals surface area contributed by atoms with Crippen LogP contribution in [0.5, 0.6) is 0 Å². The first-order valence-electron chi connectivity index (χ1n) is 7.57. The standard InChI is InChI=1S/C18H13FN2O2S2/c1-10-17(14-3-2-8-24-14)21-13(9-15(22)23)16(20-18(21)25-10)11-4-6-12(19)7-5-11/h2-8H,9H2,1H3,(H,22,23). The number of thiophene rings is 1. The maximum absolute atomic E-state index is 13.2. The van der Waals surface area contributed by atoms with Crippen LogP contribution in [0.15, 0.2) is 41.8 Å². The van der Waals surface area contributed by atoms with Crippen molar-refractivity contribution in [2.75, 3.05) is 0 Å². The zero-order valence-electron chi connectivity index (χ0n) is 13.2. The molecule has 0 atom stereocenters. The topological polar surface area (TPSA) is 54.6 Å². The number of fused-ring (bicyclic) bond motifs is 1. The van der Waals surface area contributed by atoms with Gasteiger partial charge in [0.15, 0.2) is 4.96 Å². The number of carboxylic acids is 1. The number of aliphatic carboxylic acids is 1. The lowest BCUT2D eigenvalue weighted by atomic mass is 10.1. The van der Waals surface area contributed by atoms with Gasteiger partial charge in [-0.15, -0.1) is 22.7 Å². The Balaban J connectivity index is 2.01. The fourth-order valence-electron chi connectivity index (χ4n) is 2.92. The minimum atomic E-state index is -0.925. The van der Waals surface area contributed by atoms with Crippen LogP contribution in [0.2, 0.25) is 0 Å². The van der Waals surface area contributed by atoms with Crippen LogP contribution in [0.25, 0.3) is 26.8 Å². The van der Waals surface area contributed by atoms with Gasteiger partial charge in [-0.1, -0.05) is 6.07 Å². The first-order valence-corrected chi connectivity index (χ1v) is 9.26. The molecule has 3 heterocycles. The van der Waals surface area contributed by atoms with E-state index >= 15 is 0 Å². The van der Waals surface area contributed by atoms with E-state index in [1.807, 2.05) is 28.8 Å². The lowest BCUT2D eigenvalue weighted by Crippen LogP contribution is -2.05. The normalized spacial score (nSPS) is 11.3. The first kappa shape index (κ1) is 16.0. The van der Waals surface area contributed by atoms with Gasteiger partial charge in [-0.25, -0.2) is 9.37 Å². The number of hydrogen-bond acceptors (Lipinski definition) is 4. The highest BCUT2D eigenvalue weighted by atomic mass is 32.1. The van der Waals surface area contributed by atoms with Crippen molar-refractivity contribution < 1.29 is 14.3 Å². The lowest BCUT2D eigenvalue weighted by molar-refractivity contribution is -0.136. The molecule has 126 valence electrons. The maximum atomic E-state index is 13.2. The number of carboxylic acid groups (broad SMARTS) is 1. The van der Waals surface area contributed by atoms with Crippen LogP contribution in [-0.2, 0) is 11.2 Å². The van der Waals surface area contributed by atoms with E-state index in [1.165, 1.54) is 23.5 Å². The monoisotopic (exact) mass is 372 g/mol. The Hall–Kier alpha value is -2.51. The fraction of sp³-hybridized carbons (Fsp3) is 0.111. The smallest absolute Gasteiger partial charge is 0.309 e. The molecule has 0 unspecified atom stereocenters. The van der Waals surface area contributed by atoms with E-state index in [2.05, 4.69) is 4.98 Å². The molecule has 0 spiro atoms. The van der Waals surface area contributed by atoms with Crippen molar-refractivity contribution in [3.8, 4) is 21.8 Å². The van der Waals surface area contributed by atoms with Crippen LogP contribution in [0.4, 0.5) is 4.39 Å². The molecular weight excluding hydrogens is 359 g/mol. The zero-order chi connectivity index (χ0) is 17.6. The largest absolute Gasteiger partial charge is 0.481 e. The molecule has 0 aliphatic rings. The van der Waals surface area contributed by atoms with E-state index in [4.69, 9.17) is 0 Å². The minimum absolute atomic E-state index is 0.150. The second kappa shape index (κ2) is 6.09. The van der Waals surface area contributed by atoms with Crippen molar-refractivity contribution in [2.45, 2.75) is 13.3 Å². The Labute approximate surface area is 150 Å². The summed E-state index contributed by atoms with van der Waals surface area (Å²) in [5.41, 5.74) is 2.89. The van der Waals surface area contributed by atoms with Crippen LogP contribution < -0.4 is 0 Å². The van der Waals surface area contributed by atoms with E-state index in [-0.39, 0.29) is 12.2 Å². The van der Waals surface area contributed by atoms with Crippen LogP contribution in [0.1, 0.15) is 10.6 Å². The van der Waals surface area contributed by atoms with Gasteiger partial charge >= 0.3 is 5.97 Å². The second-order valence-corrected chi connectivity index (χ2v) is 7.72. The van der Waals surface area contributed by atoms with Gasteiger partial charge in [0.05, 0.1) is 28.4 Å². The van der Waals surface area contributed by atoms with E-state index in [0.29, 0.717) is 17.0 Å². The third kappa shape index (κ3) is 2.75. The third-order valence-electron chi connectivity index (χ3n) is 3.93. The highest BCUT2D eigenvalue weighted by Gasteiger charge is 2.23. The quantitative estimate of drug-likeness (QED) is 0.556. The van der Waals surface area contributed by atoms with Crippen LogP contribution in [0, 0.1) is 12.7 Å². The molecule has 0 radical (unpaired) electrons. The highest BCUT2D eigenvalue weighted by Crippen LogP contribution is 2.38. The highest BCUT2D eigenvalue weighted by molar-refractivity contribution is 7.18. The molecule has 25 heavy (non-hydrogen) atoms. The number of aryl methyl sites for hydroxylation is 1. The molecule has 0 bridgehead atoms. The Morgan fingerprint density at radius 2 is 2.04 bits per heavy atom. The summed E-state index contributed by atoms with van der Waals surface area (Å²) in [6, 6.07) is 9.96. The SMILES string of the molecule is Cc1sc2nc(-c3ccc(F)cc3)c(CC(=O)O)n2c1-c1cccs1. The van der Waals surface area contributed by atoms with Crippen molar-refractivity contribution in [3.05, 3.63) is 58.2 Å². The number of carbonyl (C=O) groups is 1. The summed E-state index contributed by atoms with van der Waals surface area (Å²) in [4.78, 5) is 19.0. The number of aromatic nitrogens is 2. The molecule has 1 aromatic carbocycles. The van der Waals surface area contributed by atoms with Crippen molar-refractivity contribution in [1.82, 2.24) is 9.38 Å². The number of rotatable bonds is 4. The molecule has 0 amide bonds. The predicted octanol–water partition coefficient (Wildman–Crippen LogP) is 4.87. The van der Waals surface area contributed by atoms with Gasteiger partial charge < -0.3 is 5.11 Å². The average Bonchev–Trinajstić information content (AvgIpc) is 3.25. The predicted molar refractivity (Wildman–Crippen MR) is 97.9 cm³/mol. The van der Waals surface area contributed by atoms with E-state index < -0.39 is 5.97 Å². The second-order valence-electron chi connectivity index (χ2n) is 5.59. The molecule has 4 rings (SSSR count). The fourth-order valence-corrected chi connectivity index (χ4v) is 4.80. The Bertz CT molecular complexity index is 1060. The van der Waals surface area contributed by atoms with Crippen molar-refractivity contribution in [1.29, 1.82) is 0 Å². The lowest BCUT2D eigenvalue weighted by Gasteiger charge is -2.06. The molecule has 0 aliphatic carbocycles. The molecule has 3 aromatic heterocycles. The molecule has 1 N–H and O–H groups in total. The molecular formula is C18H13FN2O2S2. The first-order chi connectivity index (χ1) is 12.0. The number of thiazole rings is 1. The molecule has 0 saturated heterocycles. The minimum Gasteiger partial charge on any atom is -0.481 e. The van der Waals surface area contributed by atoms with Crippen molar-refractivity contribution in [3.63, 3.8) is 0 Å². The summed E-state index contributed by atoms with van der Waals surface area (Å²) in [6.07, 6.45) is -0.150. The molecule has 0 saturated carbocycles. The van der Waals surface area contributed by atoms with Gasteiger partial charge in [0.1, 0.15) is 5.82 Å². The van der Waals surface area contributed by atoms with Crippen molar-refractivity contribution >= 4 is 33.6 Å². The zero-order valence-corrected chi connectivity index (χ0v) is 14.8. The van der Waals surface area contributed by atoms with Gasteiger partial charge in [-0.2, -0.15) is 0 Å². The molecule has 0 aliphatic heterocycles. The van der Waals surface area contributed by atoms with Gasteiger partial charge in [0, 0.05) is 10.4 Å². The van der Waals surface area contributed by atoms with Gasteiger partial charge in [0.2, 0.25) is 0 Å².